The van der Waals surface area contributed by atoms with Crippen LogP contribution in [-0.2, 0) is 5.41 Å². The Bertz CT molecular complexity index is 468. The lowest BCUT2D eigenvalue weighted by atomic mass is 9.61. The zero-order chi connectivity index (χ0) is 14.8. The number of aliphatic hydroxyl groups is 1. The zero-order valence-corrected chi connectivity index (χ0v) is 14.2. The van der Waals surface area contributed by atoms with E-state index in [1.807, 2.05) is 24.4 Å². The molecule has 6 heteroatoms. The molecule has 2 nitrogen and oxygen atoms in total. The lowest BCUT2D eigenvalue weighted by Crippen LogP contribution is -3.00. The fourth-order valence-electron chi connectivity index (χ4n) is 2.83. The first kappa shape index (κ1) is 19.0. The summed E-state index contributed by atoms with van der Waals surface area (Å²) in [6.45, 7) is 1.94. The fourth-order valence-corrected chi connectivity index (χ4v) is 3.13. The topological polar surface area (TPSA) is 36.8 Å². The number of quaternary nitrogens is 1. The van der Waals surface area contributed by atoms with Crippen LogP contribution in [0.2, 0.25) is 10.0 Å². The molecule has 0 radical (unpaired) electrons. The van der Waals surface area contributed by atoms with Crippen molar-refractivity contribution in [3.8, 4) is 0 Å². The Kier molecular flexibility index (Phi) is 7.21. The Labute approximate surface area is 141 Å². The van der Waals surface area contributed by atoms with Crippen molar-refractivity contribution in [1.29, 1.82) is 0 Å². The maximum atomic E-state index is 12.5. The number of nitrogens with two attached hydrogens (primary N) is 1. The van der Waals surface area contributed by atoms with E-state index >= 15 is 0 Å². The molecule has 0 spiro atoms. The minimum absolute atomic E-state index is 0. The van der Waals surface area contributed by atoms with Crippen molar-refractivity contribution in [3.05, 3.63) is 33.8 Å². The molecule has 0 saturated heterocycles. The number of rotatable bonds is 6. The highest BCUT2D eigenvalue weighted by Crippen LogP contribution is 2.47. The first-order valence-electron chi connectivity index (χ1n) is 7.02. The molecule has 1 fully saturated rings. The van der Waals surface area contributed by atoms with E-state index in [4.69, 9.17) is 23.2 Å². The van der Waals surface area contributed by atoms with Crippen LogP contribution in [-0.4, -0.2) is 30.5 Å². The molecule has 0 amide bonds. The summed E-state index contributed by atoms with van der Waals surface area (Å²) >= 11 is 12.0. The van der Waals surface area contributed by atoms with Crippen LogP contribution in [0, 0.1) is 0 Å². The van der Waals surface area contributed by atoms with Crippen LogP contribution in [0.15, 0.2) is 18.2 Å². The molecule has 2 rings (SSSR count). The van der Waals surface area contributed by atoms with E-state index in [9.17, 15) is 9.50 Å². The lowest BCUT2D eigenvalue weighted by molar-refractivity contribution is -0.693. The summed E-state index contributed by atoms with van der Waals surface area (Å²) in [5.74, 6) is 0. The largest absolute Gasteiger partial charge is 1.00 e. The first-order chi connectivity index (χ1) is 9.49. The first-order valence-corrected chi connectivity index (χ1v) is 7.78. The SMILES string of the molecule is CC(CF)[NH2+]CC(O)C1(c2ccc(Cl)c(Cl)c2)CCC1.[Cl-]. The van der Waals surface area contributed by atoms with E-state index in [0.717, 1.165) is 24.8 Å². The van der Waals surface area contributed by atoms with E-state index in [2.05, 4.69) is 0 Å². The average molecular weight is 357 g/mol. The molecule has 0 aliphatic heterocycles. The van der Waals surface area contributed by atoms with Gasteiger partial charge >= 0.3 is 0 Å². The second kappa shape index (κ2) is 7.98. The summed E-state index contributed by atoms with van der Waals surface area (Å²) in [6.07, 6.45) is 2.46. The third-order valence-corrected chi connectivity index (χ3v) is 5.12. The standard InChI is InChI=1S/C15H20Cl2FNO.ClH/c1-10(8-18)19-9-14(20)15(5-2-6-15)11-3-4-12(16)13(17)7-11;/h3-4,7,10,14,19-20H,2,5-6,8-9H2,1H3;1H. The second-order valence-corrected chi connectivity index (χ2v) is 6.57. The molecule has 2 unspecified atom stereocenters. The molecule has 0 aromatic heterocycles. The van der Waals surface area contributed by atoms with Crippen LogP contribution in [0.25, 0.3) is 0 Å². The maximum absolute atomic E-state index is 12.5. The molecular weight excluding hydrogens is 336 g/mol. The Balaban J connectivity index is 0.00000220. The normalized spacial score (nSPS) is 19.3. The minimum Gasteiger partial charge on any atom is -1.00 e. The van der Waals surface area contributed by atoms with Gasteiger partial charge in [0.25, 0.3) is 0 Å². The lowest BCUT2D eigenvalue weighted by Gasteiger charge is -2.45. The molecule has 1 aromatic rings. The summed E-state index contributed by atoms with van der Waals surface area (Å²) in [4.78, 5) is 0. The number of alkyl halides is 1. The Hall–Kier alpha value is -0.0600. The van der Waals surface area contributed by atoms with Crippen LogP contribution in [0.4, 0.5) is 4.39 Å². The van der Waals surface area contributed by atoms with Crippen molar-refractivity contribution >= 4 is 23.2 Å². The van der Waals surface area contributed by atoms with E-state index in [0.29, 0.717) is 16.6 Å². The predicted octanol–water partition coefficient (Wildman–Crippen LogP) is -0.299. The number of aliphatic hydroxyl groups excluding tert-OH is 1. The van der Waals surface area contributed by atoms with Crippen molar-refractivity contribution in [1.82, 2.24) is 0 Å². The van der Waals surface area contributed by atoms with Gasteiger partial charge in [-0.25, -0.2) is 4.39 Å². The van der Waals surface area contributed by atoms with Crippen LogP contribution in [0.1, 0.15) is 31.7 Å². The smallest absolute Gasteiger partial charge is 0.141 e. The van der Waals surface area contributed by atoms with E-state index < -0.39 is 6.10 Å². The van der Waals surface area contributed by atoms with E-state index in [1.165, 1.54) is 0 Å². The molecule has 0 heterocycles. The van der Waals surface area contributed by atoms with Crippen LogP contribution in [0.3, 0.4) is 0 Å². The van der Waals surface area contributed by atoms with Gasteiger partial charge in [0.1, 0.15) is 25.4 Å². The molecular formula is C15H21Cl3FNO. The van der Waals surface area contributed by atoms with Crippen LogP contribution in [0.5, 0.6) is 0 Å². The van der Waals surface area contributed by atoms with Gasteiger partial charge in [0.15, 0.2) is 0 Å². The van der Waals surface area contributed by atoms with Gasteiger partial charge in [-0.1, -0.05) is 35.7 Å². The summed E-state index contributed by atoms with van der Waals surface area (Å²) in [7, 11) is 0. The average Bonchev–Trinajstić information content (AvgIpc) is 2.38. The number of hydrogen-bond donors (Lipinski definition) is 2. The summed E-state index contributed by atoms with van der Waals surface area (Å²) < 4.78 is 12.5. The monoisotopic (exact) mass is 355 g/mol. The van der Waals surface area contributed by atoms with E-state index in [1.54, 1.807) is 6.07 Å². The predicted molar refractivity (Wildman–Crippen MR) is 80.2 cm³/mol. The highest BCUT2D eigenvalue weighted by atomic mass is 35.5. The molecule has 3 N–H and O–H groups in total. The third kappa shape index (κ3) is 4.02. The van der Waals surface area contributed by atoms with Gasteiger partial charge in [0.2, 0.25) is 0 Å². The van der Waals surface area contributed by atoms with Gasteiger partial charge in [-0.3, -0.25) is 0 Å². The summed E-state index contributed by atoms with van der Waals surface area (Å²) in [5.41, 5.74) is 0.785. The summed E-state index contributed by atoms with van der Waals surface area (Å²) in [6, 6.07) is 5.45. The Morgan fingerprint density at radius 2 is 2.00 bits per heavy atom. The molecule has 1 aromatic carbocycles. The third-order valence-electron chi connectivity index (χ3n) is 4.38. The van der Waals surface area contributed by atoms with E-state index in [-0.39, 0.29) is 30.5 Å². The zero-order valence-electron chi connectivity index (χ0n) is 12.0. The van der Waals surface area contributed by atoms with Gasteiger partial charge in [0, 0.05) is 5.41 Å². The number of benzene rings is 1. The molecule has 1 aliphatic rings. The fraction of sp³-hybridized carbons (Fsp3) is 0.600. The maximum Gasteiger partial charge on any atom is 0.141 e. The molecule has 21 heavy (non-hydrogen) atoms. The Morgan fingerprint density at radius 3 is 2.48 bits per heavy atom. The molecule has 0 bridgehead atoms. The highest BCUT2D eigenvalue weighted by molar-refractivity contribution is 6.42. The van der Waals surface area contributed by atoms with Crippen molar-refractivity contribution in [3.63, 3.8) is 0 Å². The summed E-state index contributed by atoms with van der Waals surface area (Å²) in [5, 5.41) is 13.5. The highest BCUT2D eigenvalue weighted by Gasteiger charge is 2.46. The van der Waals surface area contributed by atoms with Crippen LogP contribution >= 0.6 is 23.2 Å². The van der Waals surface area contributed by atoms with Gasteiger partial charge in [-0.05, 0) is 37.5 Å². The minimum atomic E-state index is -0.498. The van der Waals surface area contributed by atoms with Gasteiger partial charge < -0.3 is 22.8 Å². The van der Waals surface area contributed by atoms with Crippen molar-refractivity contribution in [2.45, 2.75) is 43.7 Å². The van der Waals surface area contributed by atoms with Gasteiger partial charge in [-0.15, -0.1) is 0 Å². The number of halogens is 4. The molecule has 120 valence electrons. The molecule has 2 atom stereocenters. The van der Waals surface area contributed by atoms with Crippen LogP contribution < -0.4 is 17.7 Å². The Morgan fingerprint density at radius 1 is 1.33 bits per heavy atom. The molecule has 1 aliphatic carbocycles. The molecule has 1 saturated carbocycles. The quantitative estimate of drug-likeness (QED) is 0.722. The van der Waals surface area contributed by atoms with Crippen molar-refractivity contribution in [2.75, 3.05) is 13.2 Å². The number of hydrogen-bond acceptors (Lipinski definition) is 1. The van der Waals surface area contributed by atoms with Gasteiger partial charge in [-0.2, -0.15) is 0 Å². The van der Waals surface area contributed by atoms with Crippen molar-refractivity contribution in [2.24, 2.45) is 0 Å². The van der Waals surface area contributed by atoms with Gasteiger partial charge in [0.05, 0.1) is 10.0 Å². The second-order valence-electron chi connectivity index (χ2n) is 5.76. The van der Waals surface area contributed by atoms with Crippen molar-refractivity contribution < 1.29 is 27.2 Å².